The maximum atomic E-state index is 15.8. The largest absolute Gasteiger partial charge is 0.417 e. The van der Waals surface area contributed by atoms with Crippen molar-refractivity contribution in [3.05, 3.63) is 88.6 Å². The number of carbonyl (C=O) groups excluding carboxylic acids is 1. The monoisotopic (exact) mass is 613 g/mol. The quantitative estimate of drug-likeness (QED) is 0.364. The molecule has 0 unspecified atom stereocenters. The molecular formula is C30H31F4N7O3. The van der Waals surface area contributed by atoms with Crippen molar-refractivity contribution in [3.8, 4) is 11.1 Å². The topological polar surface area (TPSA) is 118 Å². The zero-order chi connectivity index (χ0) is 32.0. The summed E-state index contributed by atoms with van der Waals surface area (Å²) in [5, 5.41) is 12.6. The fourth-order valence-electron chi connectivity index (χ4n) is 5.13. The molecule has 2 aliphatic rings. The molecule has 1 aromatic carbocycles. The number of carbonyl (C=O) groups is 1. The van der Waals surface area contributed by atoms with Gasteiger partial charge in [0, 0.05) is 73.4 Å². The van der Waals surface area contributed by atoms with E-state index in [2.05, 4.69) is 25.2 Å². The van der Waals surface area contributed by atoms with E-state index < -0.39 is 40.2 Å². The van der Waals surface area contributed by atoms with Crippen molar-refractivity contribution in [2.24, 2.45) is 0 Å². The van der Waals surface area contributed by atoms with Crippen LogP contribution in [0.2, 0.25) is 0 Å². The number of nitrogens with one attached hydrogen (secondary N) is 2. The van der Waals surface area contributed by atoms with Gasteiger partial charge in [-0.15, -0.1) is 0 Å². The molecule has 3 N–H and O–H groups in total. The molecule has 2 aromatic heterocycles. The van der Waals surface area contributed by atoms with Crippen molar-refractivity contribution in [2.75, 3.05) is 35.3 Å². The Kier molecular flexibility index (Phi) is 8.07. The van der Waals surface area contributed by atoms with Gasteiger partial charge in [-0.2, -0.15) is 13.2 Å². The van der Waals surface area contributed by atoms with E-state index >= 15 is 4.39 Å². The van der Waals surface area contributed by atoms with Crippen LogP contribution in [0.4, 0.5) is 34.9 Å². The van der Waals surface area contributed by atoms with Crippen LogP contribution in [-0.2, 0) is 6.18 Å². The minimum absolute atomic E-state index is 0.0102. The lowest BCUT2D eigenvalue weighted by Gasteiger charge is -2.44. The second-order valence-corrected chi connectivity index (χ2v) is 11.2. The fourth-order valence-corrected chi connectivity index (χ4v) is 5.13. The van der Waals surface area contributed by atoms with E-state index in [1.165, 1.54) is 24.5 Å². The first-order valence-electron chi connectivity index (χ1n) is 13.8. The van der Waals surface area contributed by atoms with Crippen LogP contribution in [0.15, 0.2) is 66.1 Å². The third-order valence-electron chi connectivity index (χ3n) is 7.83. The highest BCUT2D eigenvalue weighted by atomic mass is 19.4. The molecule has 1 saturated heterocycles. The number of aromatic nitrogens is 3. The number of nitrogens with zero attached hydrogens (tertiary/aromatic N) is 5. The van der Waals surface area contributed by atoms with Crippen LogP contribution in [-0.4, -0.2) is 68.7 Å². The number of alkyl halides is 3. The zero-order valence-electron chi connectivity index (χ0n) is 24.4. The lowest BCUT2D eigenvalue weighted by Crippen LogP contribution is -2.55. The van der Waals surface area contributed by atoms with Gasteiger partial charge < -0.3 is 20.3 Å². The Bertz CT molecular complexity index is 1660. The molecule has 3 aromatic rings. The zero-order valence-corrected chi connectivity index (χ0v) is 24.4. The average Bonchev–Trinajstić information content (AvgIpc) is 2.96. The van der Waals surface area contributed by atoms with E-state index in [4.69, 9.17) is 0 Å². The predicted molar refractivity (Wildman–Crippen MR) is 158 cm³/mol. The lowest BCUT2D eigenvalue weighted by molar-refractivity contribution is -0.138. The van der Waals surface area contributed by atoms with Crippen molar-refractivity contribution in [3.63, 3.8) is 0 Å². The van der Waals surface area contributed by atoms with Crippen molar-refractivity contribution in [2.45, 2.75) is 44.6 Å². The van der Waals surface area contributed by atoms with Crippen LogP contribution in [0.1, 0.15) is 36.7 Å². The highest BCUT2D eigenvalue weighted by Gasteiger charge is 2.36. The number of rotatable bonds is 5. The van der Waals surface area contributed by atoms with Crippen LogP contribution in [0.25, 0.3) is 11.1 Å². The number of aliphatic hydroxyl groups is 1. The summed E-state index contributed by atoms with van der Waals surface area (Å²) in [5.41, 5.74) is -3.68. The molecular weight excluding hydrogens is 582 g/mol. The number of aromatic amines is 1. The van der Waals surface area contributed by atoms with Gasteiger partial charge in [0.15, 0.2) is 0 Å². The standard InChI is InChI=1S/C30H31F4N7O3/c1-17-15-41(16-18(2)39(17)4)25-11-23(31)20(19-12-36-28(37-13-19)40-7-5-29(3,44)6-8-40)9-24(25)38-27(43)21-14-35-26(42)10-22(21)30(32,33)34/h5-14,17-18,44H,15-16H2,1-4H3,(H,35,42)(H,38,43)/t17-,18+. The molecule has 4 heterocycles. The van der Waals surface area contributed by atoms with Gasteiger partial charge in [-0.3, -0.25) is 19.4 Å². The Morgan fingerprint density at radius 1 is 1.09 bits per heavy atom. The summed E-state index contributed by atoms with van der Waals surface area (Å²) in [6, 6.07) is 3.01. The van der Waals surface area contributed by atoms with Gasteiger partial charge in [0.2, 0.25) is 11.5 Å². The summed E-state index contributed by atoms with van der Waals surface area (Å²) >= 11 is 0. The van der Waals surface area contributed by atoms with E-state index in [1.807, 2.05) is 25.8 Å². The van der Waals surface area contributed by atoms with E-state index in [0.717, 1.165) is 0 Å². The van der Waals surface area contributed by atoms with Gasteiger partial charge in [-0.25, -0.2) is 14.4 Å². The smallest absolute Gasteiger partial charge is 0.382 e. The fraction of sp³-hybridized carbons (Fsp3) is 0.333. The molecule has 1 fully saturated rings. The van der Waals surface area contributed by atoms with Crippen LogP contribution >= 0.6 is 0 Å². The summed E-state index contributed by atoms with van der Waals surface area (Å²) in [4.78, 5) is 41.2. The Hall–Kier alpha value is -4.56. The number of pyridine rings is 1. The summed E-state index contributed by atoms with van der Waals surface area (Å²) in [6.45, 7) is 6.53. The summed E-state index contributed by atoms with van der Waals surface area (Å²) in [5.74, 6) is -1.53. The van der Waals surface area contributed by atoms with Crippen LogP contribution < -0.4 is 20.7 Å². The van der Waals surface area contributed by atoms with Gasteiger partial charge >= 0.3 is 6.18 Å². The Balaban J connectivity index is 1.54. The van der Waals surface area contributed by atoms with Crippen LogP contribution in [0, 0.1) is 5.82 Å². The van der Waals surface area contributed by atoms with E-state index in [9.17, 15) is 27.9 Å². The second-order valence-electron chi connectivity index (χ2n) is 11.2. The van der Waals surface area contributed by atoms with Crippen LogP contribution in [0.3, 0.4) is 0 Å². The van der Waals surface area contributed by atoms with Crippen molar-refractivity contribution < 1.29 is 27.5 Å². The molecule has 1 amide bonds. The Morgan fingerprint density at radius 3 is 2.30 bits per heavy atom. The van der Waals surface area contributed by atoms with Crippen LogP contribution in [0.5, 0.6) is 0 Å². The number of halogens is 4. The number of piperazine rings is 1. The molecule has 2 atom stereocenters. The third kappa shape index (κ3) is 6.36. The molecule has 232 valence electrons. The molecule has 0 saturated carbocycles. The number of H-pyrrole nitrogens is 1. The SMILES string of the molecule is C[C@@H]1CN(c2cc(F)c(-c3cnc(N4C=CC(C)(O)C=C4)nc3)cc2NC(=O)c2c[nH]c(=O)cc2C(F)(F)F)C[C@H](C)N1C. The van der Waals surface area contributed by atoms with Gasteiger partial charge in [-0.1, -0.05) is 0 Å². The summed E-state index contributed by atoms with van der Waals surface area (Å²) < 4.78 is 56.9. The molecule has 14 heteroatoms. The molecule has 0 spiro atoms. The van der Waals surface area contributed by atoms with E-state index in [0.29, 0.717) is 25.4 Å². The first-order valence-corrected chi connectivity index (χ1v) is 13.8. The first kappa shape index (κ1) is 30.9. The Labute approximate surface area is 250 Å². The van der Waals surface area contributed by atoms with Gasteiger partial charge in [0.05, 0.1) is 22.5 Å². The summed E-state index contributed by atoms with van der Waals surface area (Å²) in [7, 11) is 1.97. The number of amides is 1. The molecule has 0 radical (unpaired) electrons. The Morgan fingerprint density at radius 2 is 1.70 bits per heavy atom. The van der Waals surface area contributed by atoms with Gasteiger partial charge in [-0.05, 0) is 52.1 Å². The summed E-state index contributed by atoms with van der Waals surface area (Å²) in [6.07, 6.45) is 4.76. The lowest BCUT2D eigenvalue weighted by atomic mass is 10.0. The number of anilines is 3. The van der Waals surface area contributed by atoms with Crippen molar-refractivity contribution in [1.29, 1.82) is 0 Å². The van der Waals surface area contributed by atoms with E-state index in [-0.39, 0.29) is 40.5 Å². The first-order chi connectivity index (χ1) is 20.6. The second kappa shape index (κ2) is 11.5. The normalized spacial score (nSPS) is 20.2. The number of hydrogen-bond donors (Lipinski definition) is 3. The molecule has 10 nitrogen and oxygen atoms in total. The average molecular weight is 614 g/mol. The minimum Gasteiger partial charge on any atom is -0.382 e. The van der Waals surface area contributed by atoms with Gasteiger partial charge in [0.25, 0.3) is 5.91 Å². The molecule has 0 aliphatic carbocycles. The third-order valence-corrected chi connectivity index (χ3v) is 7.83. The number of benzene rings is 1. The molecule has 5 rings (SSSR count). The van der Waals surface area contributed by atoms with Crippen molar-refractivity contribution in [1.82, 2.24) is 19.9 Å². The molecule has 2 aliphatic heterocycles. The predicted octanol–water partition coefficient (Wildman–Crippen LogP) is 4.37. The highest BCUT2D eigenvalue weighted by Crippen LogP contribution is 2.37. The van der Waals surface area contributed by atoms with E-state index in [1.54, 1.807) is 36.4 Å². The van der Waals surface area contributed by atoms with Crippen molar-refractivity contribution >= 4 is 23.2 Å². The minimum atomic E-state index is -4.96. The molecule has 0 bridgehead atoms. The highest BCUT2D eigenvalue weighted by molar-refractivity contribution is 6.07. The maximum absolute atomic E-state index is 15.8. The molecule has 44 heavy (non-hydrogen) atoms. The number of hydrogen-bond acceptors (Lipinski definition) is 8. The van der Waals surface area contributed by atoms with Gasteiger partial charge in [0.1, 0.15) is 11.4 Å². The number of likely N-dealkylation sites (N-methyl/N-ethyl adjacent to an activating group) is 1. The maximum Gasteiger partial charge on any atom is 0.417 e.